The Morgan fingerprint density at radius 1 is 1.45 bits per heavy atom. The highest BCUT2D eigenvalue weighted by atomic mass is 35.5. The summed E-state index contributed by atoms with van der Waals surface area (Å²) in [5.41, 5.74) is 0. The van der Waals surface area contributed by atoms with Gasteiger partial charge in [0.25, 0.3) is 0 Å². The van der Waals surface area contributed by atoms with Gasteiger partial charge in [0.1, 0.15) is 10.6 Å². The average molecular weight is 321 g/mol. The van der Waals surface area contributed by atoms with Crippen molar-refractivity contribution in [3.8, 4) is 5.75 Å². The second-order valence-electron chi connectivity index (χ2n) is 3.96. The third-order valence-electron chi connectivity index (χ3n) is 2.54. The van der Waals surface area contributed by atoms with Gasteiger partial charge in [-0.15, -0.1) is 0 Å². The highest BCUT2D eigenvalue weighted by Crippen LogP contribution is 2.29. The van der Waals surface area contributed by atoms with Crippen LogP contribution in [-0.4, -0.2) is 45.9 Å². The number of nitrogens with zero attached hydrogens (tertiary/aromatic N) is 1. The van der Waals surface area contributed by atoms with E-state index in [1.807, 2.05) is 0 Å². The van der Waals surface area contributed by atoms with Gasteiger partial charge >= 0.3 is 0 Å². The Kier molecular flexibility index (Phi) is 5.79. The van der Waals surface area contributed by atoms with Gasteiger partial charge in [0.05, 0.1) is 13.2 Å². The molecule has 0 fully saturated rings. The SMILES string of the molecule is CCOc1ccc(Cl)cc1S(=O)(=O)N(C)CC(=O)NC. The van der Waals surface area contributed by atoms with Crippen molar-refractivity contribution in [2.75, 3.05) is 27.2 Å². The predicted octanol–water partition coefficient (Wildman–Crippen LogP) is 1.11. The summed E-state index contributed by atoms with van der Waals surface area (Å²) in [6.07, 6.45) is 0. The lowest BCUT2D eigenvalue weighted by molar-refractivity contribution is -0.120. The number of carbonyl (C=O) groups is 1. The van der Waals surface area contributed by atoms with Gasteiger partial charge in [-0.05, 0) is 25.1 Å². The van der Waals surface area contributed by atoms with Crippen molar-refractivity contribution in [2.45, 2.75) is 11.8 Å². The molecule has 0 bridgehead atoms. The van der Waals surface area contributed by atoms with Crippen LogP contribution in [0.4, 0.5) is 0 Å². The van der Waals surface area contributed by atoms with Crippen molar-refractivity contribution < 1.29 is 17.9 Å². The van der Waals surface area contributed by atoms with E-state index < -0.39 is 15.9 Å². The van der Waals surface area contributed by atoms with E-state index >= 15 is 0 Å². The Bertz CT molecular complexity index is 589. The number of hydrogen-bond acceptors (Lipinski definition) is 4. The molecule has 0 aliphatic carbocycles. The lowest BCUT2D eigenvalue weighted by Crippen LogP contribution is -2.37. The van der Waals surface area contributed by atoms with E-state index in [9.17, 15) is 13.2 Å². The average Bonchev–Trinajstić information content (AvgIpc) is 2.40. The summed E-state index contributed by atoms with van der Waals surface area (Å²) in [5.74, 6) is -0.197. The highest BCUT2D eigenvalue weighted by molar-refractivity contribution is 7.89. The predicted molar refractivity (Wildman–Crippen MR) is 76.5 cm³/mol. The first-order valence-electron chi connectivity index (χ1n) is 5.92. The minimum atomic E-state index is -3.86. The Balaban J connectivity index is 3.20. The molecule has 1 aromatic carbocycles. The monoisotopic (exact) mass is 320 g/mol. The van der Waals surface area contributed by atoms with Crippen molar-refractivity contribution in [2.24, 2.45) is 0 Å². The lowest BCUT2D eigenvalue weighted by Gasteiger charge is -2.18. The number of halogens is 1. The molecular weight excluding hydrogens is 304 g/mol. The van der Waals surface area contributed by atoms with Crippen LogP contribution in [-0.2, 0) is 14.8 Å². The zero-order chi connectivity index (χ0) is 15.3. The standard InChI is InChI=1S/C12H17ClN2O4S/c1-4-19-10-6-5-9(13)7-11(10)20(17,18)15(3)8-12(16)14-2/h5-7H,4,8H2,1-3H3,(H,14,16). The summed E-state index contributed by atoms with van der Waals surface area (Å²) in [6.45, 7) is 1.79. The Labute approximate surface area is 123 Å². The van der Waals surface area contributed by atoms with Crippen molar-refractivity contribution in [1.29, 1.82) is 0 Å². The van der Waals surface area contributed by atoms with E-state index in [0.29, 0.717) is 6.61 Å². The van der Waals surface area contributed by atoms with Crippen LogP contribution in [0.3, 0.4) is 0 Å². The largest absolute Gasteiger partial charge is 0.492 e. The second kappa shape index (κ2) is 6.92. The molecule has 0 spiro atoms. The number of nitrogens with one attached hydrogen (secondary N) is 1. The fraction of sp³-hybridized carbons (Fsp3) is 0.417. The molecule has 1 N–H and O–H groups in total. The molecule has 6 nitrogen and oxygen atoms in total. The molecule has 0 aromatic heterocycles. The second-order valence-corrected chi connectivity index (χ2v) is 6.41. The molecule has 1 amide bonds. The number of sulfonamides is 1. The molecule has 20 heavy (non-hydrogen) atoms. The van der Waals surface area contributed by atoms with Crippen molar-refractivity contribution in [3.05, 3.63) is 23.2 Å². The van der Waals surface area contributed by atoms with Crippen LogP contribution in [0.1, 0.15) is 6.92 Å². The highest BCUT2D eigenvalue weighted by Gasteiger charge is 2.26. The van der Waals surface area contributed by atoms with Gasteiger partial charge in [-0.25, -0.2) is 8.42 Å². The first kappa shape index (κ1) is 16.7. The zero-order valence-electron chi connectivity index (χ0n) is 11.5. The summed E-state index contributed by atoms with van der Waals surface area (Å²) in [4.78, 5) is 11.2. The molecular formula is C12H17ClN2O4S. The van der Waals surface area contributed by atoms with Crippen LogP contribution < -0.4 is 10.1 Å². The topological polar surface area (TPSA) is 75.7 Å². The van der Waals surface area contributed by atoms with Gasteiger partial charge in [-0.3, -0.25) is 4.79 Å². The van der Waals surface area contributed by atoms with Crippen LogP contribution in [0.15, 0.2) is 23.1 Å². The Hall–Kier alpha value is -1.31. The smallest absolute Gasteiger partial charge is 0.247 e. The van der Waals surface area contributed by atoms with Gasteiger partial charge < -0.3 is 10.1 Å². The quantitative estimate of drug-likeness (QED) is 0.852. The number of ether oxygens (including phenoxy) is 1. The van der Waals surface area contributed by atoms with E-state index in [0.717, 1.165) is 4.31 Å². The molecule has 1 aromatic rings. The number of carbonyl (C=O) groups excluding carboxylic acids is 1. The Morgan fingerprint density at radius 2 is 2.10 bits per heavy atom. The molecule has 1 rings (SSSR count). The molecule has 0 saturated carbocycles. The van der Waals surface area contributed by atoms with E-state index in [-0.39, 0.29) is 22.2 Å². The summed E-state index contributed by atoms with van der Waals surface area (Å²) in [6, 6.07) is 4.35. The minimum Gasteiger partial charge on any atom is -0.492 e. The van der Waals surface area contributed by atoms with E-state index in [2.05, 4.69) is 5.32 Å². The number of likely N-dealkylation sites (N-methyl/N-ethyl adjacent to an activating group) is 2. The van der Waals surface area contributed by atoms with Crippen LogP contribution in [0.5, 0.6) is 5.75 Å². The van der Waals surface area contributed by atoms with Crippen molar-refractivity contribution in [3.63, 3.8) is 0 Å². The Morgan fingerprint density at radius 3 is 2.65 bits per heavy atom. The van der Waals surface area contributed by atoms with Crippen LogP contribution in [0, 0.1) is 0 Å². The molecule has 0 radical (unpaired) electrons. The maximum atomic E-state index is 12.4. The normalized spacial score (nSPS) is 11.4. The maximum absolute atomic E-state index is 12.4. The molecule has 0 heterocycles. The van der Waals surface area contributed by atoms with Gasteiger partial charge in [0.2, 0.25) is 15.9 Å². The van der Waals surface area contributed by atoms with Gasteiger partial charge in [0, 0.05) is 19.1 Å². The number of benzene rings is 1. The maximum Gasteiger partial charge on any atom is 0.247 e. The van der Waals surface area contributed by atoms with Crippen molar-refractivity contribution >= 4 is 27.5 Å². The third kappa shape index (κ3) is 3.84. The molecule has 0 aliphatic rings. The third-order valence-corrected chi connectivity index (χ3v) is 4.60. The minimum absolute atomic E-state index is 0.0572. The first-order chi connectivity index (χ1) is 9.32. The number of rotatable bonds is 6. The van der Waals surface area contributed by atoms with Gasteiger partial charge in [0.15, 0.2) is 0 Å². The van der Waals surface area contributed by atoms with E-state index in [1.54, 1.807) is 13.0 Å². The molecule has 0 aliphatic heterocycles. The lowest BCUT2D eigenvalue weighted by atomic mass is 10.3. The first-order valence-corrected chi connectivity index (χ1v) is 7.74. The van der Waals surface area contributed by atoms with Gasteiger partial charge in [-0.1, -0.05) is 11.6 Å². The zero-order valence-corrected chi connectivity index (χ0v) is 13.1. The van der Waals surface area contributed by atoms with E-state index in [1.165, 1.54) is 26.2 Å². The molecule has 0 saturated heterocycles. The van der Waals surface area contributed by atoms with Crippen LogP contribution >= 0.6 is 11.6 Å². The summed E-state index contributed by atoms with van der Waals surface area (Å²) in [5, 5.41) is 2.65. The van der Waals surface area contributed by atoms with Crippen LogP contribution in [0.2, 0.25) is 5.02 Å². The molecule has 0 unspecified atom stereocenters. The molecule has 8 heteroatoms. The summed E-state index contributed by atoms with van der Waals surface area (Å²) < 4.78 is 31.1. The van der Waals surface area contributed by atoms with Gasteiger partial charge in [-0.2, -0.15) is 4.31 Å². The molecule has 0 atom stereocenters. The summed E-state index contributed by atoms with van der Waals surface area (Å²) >= 11 is 5.84. The van der Waals surface area contributed by atoms with Crippen LogP contribution in [0.25, 0.3) is 0 Å². The summed E-state index contributed by atoms with van der Waals surface area (Å²) in [7, 11) is -1.10. The number of hydrogen-bond donors (Lipinski definition) is 1. The van der Waals surface area contributed by atoms with E-state index in [4.69, 9.17) is 16.3 Å². The molecule has 112 valence electrons. The van der Waals surface area contributed by atoms with Crippen molar-refractivity contribution in [1.82, 2.24) is 9.62 Å². The fourth-order valence-corrected chi connectivity index (χ4v) is 3.01. The number of amides is 1. The fourth-order valence-electron chi connectivity index (χ4n) is 1.49.